The van der Waals surface area contributed by atoms with Crippen LogP contribution in [0.3, 0.4) is 0 Å². The molecule has 0 atom stereocenters. The van der Waals surface area contributed by atoms with Crippen molar-refractivity contribution in [3.05, 3.63) is 35.6 Å². The monoisotopic (exact) mass is 252 g/mol. The number of aromatic nitrogens is 2. The van der Waals surface area contributed by atoms with Crippen LogP contribution in [0.5, 0.6) is 17.5 Å². The Morgan fingerprint density at radius 1 is 1.29 bits per heavy atom. The Morgan fingerprint density at radius 2 is 2.00 bits per heavy atom. The predicted octanol–water partition coefficient (Wildman–Crippen LogP) is 3.36. The topological polar surface area (TPSA) is 36.3 Å². The van der Waals surface area contributed by atoms with Crippen molar-refractivity contribution >= 4 is 11.6 Å². The maximum absolute atomic E-state index is 5.97. The van der Waals surface area contributed by atoms with Crippen LogP contribution in [0.15, 0.2) is 30.5 Å². The molecule has 90 valence electrons. The van der Waals surface area contributed by atoms with E-state index in [0.29, 0.717) is 29.2 Å². The highest BCUT2D eigenvalue weighted by Gasteiger charge is 2.11. The molecule has 0 saturated carbocycles. The van der Waals surface area contributed by atoms with E-state index >= 15 is 0 Å². The van der Waals surface area contributed by atoms with Crippen molar-refractivity contribution in [2.75, 3.05) is 7.11 Å². The highest BCUT2D eigenvalue weighted by Crippen LogP contribution is 2.31. The first-order chi connectivity index (χ1) is 8.26. The van der Waals surface area contributed by atoms with Crippen molar-refractivity contribution in [3.8, 4) is 17.5 Å². The highest BCUT2D eigenvalue weighted by molar-refractivity contribution is 6.29. The van der Waals surface area contributed by atoms with Crippen molar-refractivity contribution in [1.29, 1.82) is 0 Å². The molecule has 0 aliphatic rings. The molecule has 4 nitrogen and oxygen atoms in total. The second-order valence-electron chi connectivity index (χ2n) is 3.36. The first-order valence-corrected chi connectivity index (χ1v) is 5.66. The summed E-state index contributed by atoms with van der Waals surface area (Å²) < 4.78 is 12.7. The molecule has 0 aliphatic carbocycles. The van der Waals surface area contributed by atoms with Gasteiger partial charge in [-0.15, -0.1) is 0 Å². The third kappa shape index (κ3) is 2.36. The van der Waals surface area contributed by atoms with Gasteiger partial charge in [0.1, 0.15) is 5.15 Å². The van der Waals surface area contributed by atoms with Crippen LogP contribution in [0.2, 0.25) is 5.15 Å². The third-order valence-corrected chi connectivity index (χ3v) is 2.66. The molecule has 17 heavy (non-hydrogen) atoms. The number of para-hydroxylation sites is 2. The number of benzene rings is 1. The fourth-order valence-corrected chi connectivity index (χ4v) is 1.75. The molecule has 0 radical (unpaired) electrons. The van der Waals surface area contributed by atoms with E-state index in [1.54, 1.807) is 17.9 Å². The first kappa shape index (κ1) is 11.8. The summed E-state index contributed by atoms with van der Waals surface area (Å²) in [5.74, 6) is 1.28. The number of rotatable bonds is 4. The lowest BCUT2D eigenvalue weighted by Gasteiger charge is -2.10. The van der Waals surface area contributed by atoms with Gasteiger partial charge >= 0.3 is 6.01 Å². The van der Waals surface area contributed by atoms with Gasteiger partial charge in [0.25, 0.3) is 0 Å². The smallest absolute Gasteiger partial charge is 0.303 e. The third-order valence-electron chi connectivity index (χ3n) is 2.36. The van der Waals surface area contributed by atoms with Gasteiger partial charge in [0.2, 0.25) is 0 Å². The summed E-state index contributed by atoms with van der Waals surface area (Å²) >= 11 is 5.97. The summed E-state index contributed by atoms with van der Waals surface area (Å²) in [5.41, 5.74) is 0. The molecule has 2 aromatic rings. The van der Waals surface area contributed by atoms with Gasteiger partial charge in [0.15, 0.2) is 11.5 Å². The van der Waals surface area contributed by atoms with Crippen LogP contribution in [0.1, 0.15) is 6.92 Å². The predicted molar refractivity (Wildman–Crippen MR) is 66.0 cm³/mol. The molecule has 0 amide bonds. The zero-order valence-electron chi connectivity index (χ0n) is 9.68. The van der Waals surface area contributed by atoms with Crippen molar-refractivity contribution < 1.29 is 9.47 Å². The van der Waals surface area contributed by atoms with Gasteiger partial charge in [-0.25, -0.2) is 4.98 Å². The highest BCUT2D eigenvalue weighted by atomic mass is 35.5. The minimum absolute atomic E-state index is 0.460. The second kappa shape index (κ2) is 5.10. The lowest BCUT2D eigenvalue weighted by molar-refractivity contribution is 0.359. The van der Waals surface area contributed by atoms with Crippen LogP contribution in [-0.4, -0.2) is 16.7 Å². The van der Waals surface area contributed by atoms with Crippen molar-refractivity contribution in [2.24, 2.45) is 0 Å². The average Bonchev–Trinajstić information content (AvgIpc) is 2.70. The van der Waals surface area contributed by atoms with Gasteiger partial charge in [-0.05, 0) is 19.1 Å². The van der Waals surface area contributed by atoms with Crippen LogP contribution < -0.4 is 9.47 Å². The molecule has 0 fully saturated rings. The van der Waals surface area contributed by atoms with E-state index in [1.807, 2.05) is 31.2 Å². The molecule has 0 bridgehead atoms. The summed E-state index contributed by atoms with van der Waals surface area (Å²) in [6.07, 6.45) is 1.57. The quantitative estimate of drug-likeness (QED) is 0.837. The van der Waals surface area contributed by atoms with Gasteiger partial charge in [0, 0.05) is 6.54 Å². The fraction of sp³-hybridized carbons (Fsp3) is 0.250. The molecule has 1 heterocycles. The average molecular weight is 253 g/mol. The molecular formula is C12H13ClN2O2. The molecule has 2 rings (SSSR count). The number of nitrogens with zero attached hydrogens (tertiary/aromatic N) is 2. The van der Waals surface area contributed by atoms with E-state index in [4.69, 9.17) is 21.1 Å². The van der Waals surface area contributed by atoms with Gasteiger partial charge in [-0.3, -0.25) is 4.57 Å². The molecule has 1 aromatic carbocycles. The van der Waals surface area contributed by atoms with E-state index in [2.05, 4.69) is 4.98 Å². The van der Waals surface area contributed by atoms with E-state index < -0.39 is 0 Å². The molecular weight excluding hydrogens is 240 g/mol. The minimum Gasteiger partial charge on any atom is -0.493 e. The number of ether oxygens (including phenoxy) is 2. The molecule has 0 spiro atoms. The lowest BCUT2D eigenvalue weighted by atomic mass is 10.3. The minimum atomic E-state index is 0.460. The Hall–Kier alpha value is -1.68. The first-order valence-electron chi connectivity index (χ1n) is 5.28. The largest absolute Gasteiger partial charge is 0.493 e. The zero-order chi connectivity index (χ0) is 12.3. The maximum Gasteiger partial charge on any atom is 0.303 e. The molecule has 0 saturated heterocycles. The Balaban J connectivity index is 2.31. The number of hydrogen-bond donors (Lipinski definition) is 0. The Kier molecular flexibility index (Phi) is 3.54. The zero-order valence-corrected chi connectivity index (χ0v) is 10.4. The van der Waals surface area contributed by atoms with Crippen LogP contribution in [-0.2, 0) is 6.54 Å². The Morgan fingerprint density at radius 3 is 2.65 bits per heavy atom. The Labute approximate surface area is 105 Å². The van der Waals surface area contributed by atoms with Gasteiger partial charge in [-0.2, -0.15) is 0 Å². The SMILES string of the molecule is CCn1c(Cl)cnc1Oc1ccccc1OC. The summed E-state index contributed by atoms with van der Waals surface area (Å²) in [6.45, 7) is 2.67. The molecule has 1 aromatic heterocycles. The normalized spacial score (nSPS) is 10.3. The number of imidazole rings is 1. The van der Waals surface area contributed by atoms with E-state index in [0.717, 1.165) is 0 Å². The number of methoxy groups -OCH3 is 1. The number of halogens is 1. The molecule has 5 heteroatoms. The van der Waals surface area contributed by atoms with Gasteiger partial charge in [0.05, 0.1) is 13.3 Å². The van der Waals surface area contributed by atoms with Crippen LogP contribution >= 0.6 is 11.6 Å². The van der Waals surface area contributed by atoms with E-state index in [1.165, 1.54) is 0 Å². The van der Waals surface area contributed by atoms with E-state index in [9.17, 15) is 0 Å². The van der Waals surface area contributed by atoms with Crippen molar-refractivity contribution in [1.82, 2.24) is 9.55 Å². The van der Waals surface area contributed by atoms with Gasteiger partial charge in [-0.1, -0.05) is 23.7 Å². The van der Waals surface area contributed by atoms with Crippen LogP contribution in [0, 0.1) is 0 Å². The maximum atomic E-state index is 5.97. The van der Waals surface area contributed by atoms with Crippen molar-refractivity contribution in [3.63, 3.8) is 0 Å². The van der Waals surface area contributed by atoms with E-state index in [-0.39, 0.29) is 0 Å². The lowest BCUT2D eigenvalue weighted by Crippen LogP contribution is -1.99. The fourth-order valence-electron chi connectivity index (χ4n) is 1.51. The summed E-state index contributed by atoms with van der Waals surface area (Å²) in [7, 11) is 1.60. The molecule has 0 unspecified atom stereocenters. The summed E-state index contributed by atoms with van der Waals surface area (Å²) in [6, 6.07) is 7.86. The second-order valence-corrected chi connectivity index (χ2v) is 3.75. The Bertz CT molecular complexity index is 511. The molecule has 0 N–H and O–H groups in total. The summed E-state index contributed by atoms with van der Waals surface area (Å²) in [5, 5.41) is 0.553. The standard InChI is InChI=1S/C12H13ClN2O2/c1-3-15-11(13)8-14-12(15)17-10-7-5-4-6-9(10)16-2/h4-8H,3H2,1-2H3. The number of hydrogen-bond acceptors (Lipinski definition) is 3. The van der Waals surface area contributed by atoms with Crippen LogP contribution in [0.4, 0.5) is 0 Å². The summed E-state index contributed by atoms with van der Waals surface area (Å²) in [4.78, 5) is 4.11. The molecule has 0 aliphatic heterocycles. The van der Waals surface area contributed by atoms with Gasteiger partial charge < -0.3 is 9.47 Å². The van der Waals surface area contributed by atoms with Crippen molar-refractivity contribution in [2.45, 2.75) is 13.5 Å². The van der Waals surface area contributed by atoms with Crippen LogP contribution in [0.25, 0.3) is 0 Å².